The molecule has 0 unspecified atom stereocenters. The zero-order chi connectivity index (χ0) is 14.9. The molecule has 3 nitrogen and oxygen atoms in total. The first-order valence-corrected chi connectivity index (χ1v) is 8.30. The summed E-state index contributed by atoms with van der Waals surface area (Å²) in [5, 5.41) is 0. The normalized spacial score (nSPS) is 47.6. The van der Waals surface area contributed by atoms with E-state index in [2.05, 4.69) is 39.0 Å². The van der Waals surface area contributed by atoms with Crippen LogP contribution < -0.4 is 5.73 Å². The fourth-order valence-corrected chi connectivity index (χ4v) is 5.18. The molecule has 0 spiro atoms. The van der Waals surface area contributed by atoms with Crippen molar-refractivity contribution in [2.45, 2.75) is 63.6 Å². The largest absolute Gasteiger partial charge is 0.459 e. The van der Waals surface area contributed by atoms with E-state index >= 15 is 0 Å². The van der Waals surface area contributed by atoms with Crippen LogP contribution in [0.3, 0.4) is 0 Å². The maximum absolute atomic E-state index is 6.47. The van der Waals surface area contributed by atoms with E-state index in [9.17, 15) is 0 Å². The van der Waals surface area contributed by atoms with Crippen molar-refractivity contribution in [1.82, 2.24) is 0 Å². The van der Waals surface area contributed by atoms with Crippen LogP contribution in [0.5, 0.6) is 0 Å². The van der Waals surface area contributed by atoms with Gasteiger partial charge in [-0.1, -0.05) is 38.2 Å². The van der Waals surface area contributed by atoms with Crippen molar-refractivity contribution in [3.63, 3.8) is 0 Å². The van der Waals surface area contributed by atoms with Gasteiger partial charge in [-0.2, -0.15) is 0 Å². The molecular weight excluding hydrogens is 296 g/mol. The smallest absolute Gasteiger partial charge is 0.405 e. The summed E-state index contributed by atoms with van der Waals surface area (Å²) in [4.78, 5) is 0. The minimum absolute atomic E-state index is 0. The van der Waals surface area contributed by atoms with Crippen molar-refractivity contribution in [2.24, 2.45) is 23.0 Å². The third kappa shape index (κ3) is 2.22. The van der Waals surface area contributed by atoms with E-state index in [1.54, 1.807) is 0 Å². The summed E-state index contributed by atoms with van der Waals surface area (Å²) in [6, 6.07) is 0. The average Bonchev–Trinajstić information content (AvgIpc) is 2.73. The predicted octanol–water partition coefficient (Wildman–Crippen LogP) is 3.35. The van der Waals surface area contributed by atoms with Gasteiger partial charge in [0.2, 0.25) is 0 Å². The van der Waals surface area contributed by atoms with Crippen molar-refractivity contribution >= 4 is 19.5 Å². The van der Waals surface area contributed by atoms with Crippen molar-refractivity contribution in [1.29, 1.82) is 0 Å². The first-order valence-electron chi connectivity index (χ1n) is 8.30. The van der Waals surface area contributed by atoms with Crippen LogP contribution >= 0.6 is 12.4 Å². The Morgan fingerprint density at radius 2 is 2.00 bits per heavy atom. The molecule has 22 heavy (non-hydrogen) atoms. The molecular formula is C17H27BClNO2. The van der Waals surface area contributed by atoms with Crippen LogP contribution in [0.25, 0.3) is 0 Å². The molecule has 0 aromatic rings. The molecule has 1 aliphatic heterocycles. The molecule has 4 fully saturated rings. The standard InChI is InChI=1S/C17H26BNO2.ClH/c1-15(2)12-9-13(15)16(3)14(10-12)20-18(21-16)11-17(19)7-5-4-6-8-17;/h4-7,12-14H,8-11,19H2,1-3H3;1H/t12-,13-,14+,16-,17-;/m0./s1. The number of hydrogen-bond acceptors (Lipinski definition) is 3. The molecule has 3 saturated carbocycles. The van der Waals surface area contributed by atoms with Gasteiger partial charge in [-0.25, -0.2) is 0 Å². The molecule has 0 aromatic carbocycles. The van der Waals surface area contributed by atoms with Crippen LogP contribution in [-0.2, 0) is 9.31 Å². The summed E-state index contributed by atoms with van der Waals surface area (Å²) < 4.78 is 12.7. The van der Waals surface area contributed by atoms with Crippen molar-refractivity contribution < 1.29 is 9.31 Å². The van der Waals surface area contributed by atoms with Crippen LogP contribution in [0.4, 0.5) is 0 Å². The van der Waals surface area contributed by atoms with Gasteiger partial charge >= 0.3 is 7.12 Å². The van der Waals surface area contributed by atoms with Gasteiger partial charge < -0.3 is 15.0 Å². The molecule has 0 radical (unpaired) electrons. The van der Waals surface area contributed by atoms with Gasteiger partial charge in [-0.3, -0.25) is 0 Å². The number of halogens is 1. The molecule has 5 atom stereocenters. The van der Waals surface area contributed by atoms with Gasteiger partial charge in [0.25, 0.3) is 0 Å². The highest BCUT2D eigenvalue weighted by Gasteiger charge is 2.67. The molecule has 0 aromatic heterocycles. The molecule has 5 rings (SSSR count). The number of nitrogens with two attached hydrogens (primary N) is 1. The van der Waals surface area contributed by atoms with Gasteiger partial charge in [0, 0.05) is 11.9 Å². The van der Waals surface area contributed by atoms with Gasteiger partial charge in [0.1, 0.15) is 0 Å². The third-order valence-electron chi connectivity index (χ3n) is 6.72. The summed E-state index contributed by atoms with van der Waals surface area (Å²) in [5.74, 6) is 1.42. The van der Waals surface area contributed by atoms with Crippen LogP contribution in [0.1, 0.15) is 40.0 Å². The minimum Gasteiger partial charge on any atom is -0.405 e. The zero-order valence-electron chi connectivity index (χ0n) is 13.7. The molecule has 5 aliphatic rings. The first-order chi connectivity index (χ1) is 9.83. The van der Waals surface area contributed by atoms with Gasteiger partial charge in [-0.15, -0.1) is 12.4 Å². The van der Waals surface area contributed by atoms with E-state index in [0.717, 1.165) is 25.1 Å². The second kappa shape index (κ2) is 5.10. The Balaban J connectivity index is 0.00000144. The van der Waals surface area contributed by atoms with Crippen LogP contribution in [0, 0.1) is 17.3 Å². The lowest BCUT2D eigenvalue weighted by atomic mass is 9.43. The Kier molecular flexibility index (Phi) is 3.84. The van der Waals surface area contributed by atoms with Crippen LogP contribution in [0.2, 0.25) is 6.32 Å². The summed E-state index contributed by atoms with van der Waals surface area (Å²) >= 11 is 0. The highest BCUT2D eigenvalue weighted by Crippen LogP contribution is 2.65. The van der Waals surface area contributed by atoms with Gasteiger partial charge in [0.15, 0.2) is 0 Å². The monoisotopic (exact) mass is 323 g/mol. The minimum atomic E-state index is -0.318. The molecule has 1 saturated heterocycles. The van der Waals surface area contributed by atoms with E-state index in [0.29, 0.717) is 11.3 Å². The van der Waals surface area contributed by atoms with E-state index in [1.165, 1.54) is 6.42 Å². The fraction of sp³-hybridized carbons (Fsp3) is 0.765. The Bertz CT molecular complexity index is 523. The maximum atomic E-state index is 6.47. The summed E-state index contributed by atoms with van der Waals surface area (Å²) in [6.45, 7) is 7.05. The summed E-state index contributed by atoms with van der Waals surface area (Å²) in [7, 11) is -0.156. The van der Waals surface area contributed by atoms with E-state index < -0.39 is 0 Å². The van der Waals surface area contributed by atoms with Crippen molar-refractivity contribution in [3.05, 3.63) is 24.3 Å². The topological polar surface area (TPSA) is 44.5 Å². The molecule has 2 bridgehead atoms. The highest BCUT2D eigenvalue weighted by molar-refractivity contribution is 6.45. The van der Waals surface area contributed by atoms with Gasteiger partial charge in [-0.05, 0) is 43.4 Å². The van der Waals surface area contributed by atoms with E-state index in [4.69, 9.17) is 15.0 Å². The Morgan fingerprint density at radius 1 is 1.23 bits per heavy atom. The second-order valence-electron chi connectivity index (χ2n) is 8.33. The second-order valence-corrected chi connectivity index (χ2v) is 8.33. The van der Waals surface area contributed by atoms with Crippen LogP contribution in [0.15, 0.2) is 24.3 Å². The number of rotatable bonds is 2. The number of allylic oxidation sites excluding steroid dienone is 2. The Hall–Kier alpha value is -0.285. The average molecular weight is 324 g/mol. The Labute approximate surface area is 140 Å². The fourth-order valence-electron chi connectivity index (χ4n) is 5.18. The van der Waals surface area contributed by atoms with Crippen molar-refractivity contribution in [3.8, 4) is 0 Å². The maximum Gasteiger partial charge on any atom is 0.459 e. The predicted molar refractivity (Wildman–Crippen MR) is 92.0 cm³/mol. The lowest BCUT2D eigenvalue weighted by Gasteiger charge is -2.64. The third-order valence-corrected chi connectivity index (χ3v) is 6.72. The quantitative estimate of drug-likeness (QED) is 0.793. The molecule has 122 valence electrons. The summed E-state index contributed by atoms with van der Waals surface area (Å²) in [5.41, 5.74) is 6.44. The highest BCUT2D eigenvalue weighted by atomic mass is 35.5. The van der Waals surface area contributed by atoms with E-state index in [1.807, 2.05) is 6.08 Å². The molecule has 5 heteroatoms. The van der Waals surface area contributed by atoms with Crippen molar-refractivity contribution in [2.75, 3.05) is 0 Å². The molecule has 0 amide bonds. The number of hydrogen-bond donors (Lipinski definition) is 1. The van der Waals surface area contributed by atoms with E-state index in [-0.39, 0.29) is 36.8 Å². The lowest BCUT2D eigenvalue weighted by molar-refractivity contribution is -0.199. The van der Waals surface area contributed by atoms with Crippen LogP contribution in [-0.4, -0.2) is 24.4 Å². The Morgan fingerprint density at radius 3 is 2.64 bits per heavy atom. The zero-order valence-corrected chi connectivity index (χ0v) is 14.6. The SMILES string of the molecule is CC1(C)[C@@H]2C[C@H]3OB(C[C@]4(N)C=CC=CC4)O[C@@]3(C)[C@H]1C2.Cl. The molecule has 4 aliphatic carbocycles. The first kappa shape index (κ1) is 16.6. The lowest BCUT2D eigenvalue weighted by Crippen LogP contribution is -2.65. The molecule has 1 heterocycles. The molecule has 2 N–H and O–H groups in total. The summed E-state index contributed by atoms with van der Waals surface area (Å²) in [6.07, 6.45) is 12.6. The van der Waals surface area contributed by atoms with Gasteiger partial charge in [0.05, 0.1) is 11.7 Å².